The molecule has 0 fully saturated rings. The molecule has 0 atom stereocenters. The predicted molar refractivity (Wildman–Crippen MR) is 80.0 cm³/mol. The lowest BCUT2D eigenvalue weighted by Gasteiger charge is -2.22. The third-order valence-corrected chi connectivity index (χ3v) is 3.11. The summed E-state index contributed by atoms with van der Waals surface area (Å²) in [6, 6.07) is 7.27. The van der Waals surface area contributed by atoms with Crippen LogP contribution in [0.3, 0.4) is 0 Å². The van der Waals surface area contributed by atoms with Gasteiger partial charge in [-0.15, -0.1) is 6.58 Å². The Bertz CT molecular complexity index is 403. The molecule has 19 heavy (non-hydrogen) atoms. The van der Waals surface area contributed by atoms with E-state index in [1.807, 2.05) is 23.1 Å². The van der Waals surface area contributed by atoms with Crippen molar-refractivity contribution < 1.29 is 9.90 Å². The summed E-state index contributed by atoms with van der Waals surface area (Å²) in [5.74, 6) is -0.818. The van der Waals surface area contributed by atoms with Gasteiger partial charge in [0.05, 0.1) is 0 Å². The van der Waals surface area contributed by atoms with E-state index in [1.165, 1.54) is 0 Å². The molecule has 0 heterocycles. The molecule has 0 saturated heterocycles. The zero-order valence-corrected chi connectivity index (χ0v) is 11.8. The van der Waals surface area contributed by atoms with E-state index in [2.05, 4.69) is 6.58 Å². The normalized spacial score (nSPS) is 10.2. The molecule has 1 N–H and O–H groups in total. The van der Waals surface area contributed by atoms with Crippen LogP contribution >= 0.6 is 11.6 Å². The molecule has 0 aliphatic carbocycles. The fraction of sp³-hybridized carbons (Fsp3) is 0.400. The first kappa shape index (κ1) is 15.6. The first-order valence-corrected chi connectivity index (χ1v) is 6.84. The number of carboxylic acid groups (broad SMARTS) is 1. The number of rotatable bonds is 9. The lowest BCUT2D eigenvalue weighted by molar-refractivity contribution is -0.135. The van der Waals surface area contributed by atoms with Crippen LogP contribution in [0.4, 0.5) is 5.69 Å². The van der Waals surface area contributed by atoms with Crippen molar-refractivity contribution in [3.63, 3.8) is 0 Å². The highest BCUT2D eigenvalue weighted by atomic mass is 35.5. The number of carbonyl (C=O) groups is 1. The van der Waals surface area contributed by atoms with Crippen molar-refractivity contribution >= 4 is 23.3 Å². The molecular weight excluding hydrogens is 262 g/mol. The number of allylic oxidation sites excluding steroid dienone is 1. The van der Waals surface area contributed by atoms with Crippen LogP contribution in [0.2, 0.25) is 5.02 Å². The second kappa shape index (κ2) is 8.59. The third-order valence-electron chi connectivity index (χ3n) is 2.85. The molecule has 0 saturated carbocycles. The Labute approximate surface area is 119 Å². The van der Waals surface area contributed by atoms with Gasteiger partial charge in [0, 0.05) is 17.3 Å². The molecular formula is C15H20ClNO2. The Kier molecular flexibility index (Phi) is 7.04. The number of unbranched alkanes of at least 4 members (excludes halogenated alkanes) is 3. The topological polar surface area (TPSA) is 40.5 Å². The smallest absolute Gasteiger partial charge is 0.323 e. The monoisotopic (exact) mass is 281 g/mol. The Balaban J connectivity index is 2.53. The van der Waals surface area contributed by atoms with Gasteiger partial charge in [-0.2, -0.15) is 0 Å². The van der Waals surface area contributed by atoms with Gasteiger partial charge in [-0.3, -0.25) is 4.79 Å². The third kappa shape index (κ3) is 6.30. The Morgan fingerprint density at radius 3 is 2.53 bits per heavy atom. The number of aliphatic carboxylic acids is 1. The highest BCUT2D eigenvalue weighted by Crippen LogP contribution is 2.18. The van der Waals surface area contributed by atoms with Crippen LogP contribution in [0.15, 0.2) is 36.9 Å². The molecule has 0 aliphatic rings. The number of halogens is 1. The van der Waals surface area contributed by atoms with E-state index >= 15 is 0 Å². The van der Waals surface area contributed by atoms with Gasteiger partial charge in [-0.1, -0.05) is 24.1 Å². The summed E-state index contributed by atoms with van der Waals surface area (Å²) in [5, 5.41) is 9.62. The highest BCUT2D eigenvalue weighted by Gasteiger charge is 2.10. The Morgan fingerprint density at radius 2 is 1.95 bits per heavy atom. The van der Waals surface area contributed by atoms with Gasteiger partial charge in [0.1, 0.15) is 6.54 Å². The molecule has 1 rings (SSSR count). The van der Waals surface area contributed by atoms with Crippen molar-refractivity contribution in [1.29, 1.82) is 0 Å². The van der Waals surface area contributed by atoms with Crippen molar-refractivity contribution in [2.45, 2.75) is 25.7 Å². The number of hydrogen-bond acceptors (Lipinski definition) is 2. The van der Waals surface area contributed by atoms with Crippen LogP contribution in [-0.4, -0.2) is 24.2 Å². The van der Waals surface area contributed by atoms with Crippen molar-refractivity contribution in [3.8, 4) is 0 Å². The molecule has 1 aromatic rings. The van der Waals surface area contributed by atoms with E-state index < -0.39 is 5.97 Å². The molecule has 0 aliphatic heterocycles. The van der Waals surface area contributed by atoms with Gasteiger partial charge in [-0.25, -0.2) is 0 Å². The van der Waals surface area contributed by atoms with Crippen molar-refractivity contribution in [3.05, 3.63) is 41.9 Å². The lowest BCUT2D eigenvalue weighted by Crippen LogP contribution is -2.30. The Morgan fingerprint density at radius 1 is 1.26 bits per heavy atom. The molecule has 0 aromatic heterocycles. The van der Waals surface area contributed by atoms with E-state index in [9.17, 15) is 4.79 Å². The number of nitrogens with zero attached hydrogens (tertiary/aromatic N) is 1. The minimum atomic E-state index is -0.818. The van der Waals surface area contributed by atoms with Crippen LogP contribution in [0.25, 0.3) is 0 Å². The van der Waals surface area contributed by atoms with Crippen molar-refractivity contribution in [1.82, 2.24) is 0 Å². The minimum absolute atomic E-state index is 0.0170. The highest BCUT2D eigenvalue weighted by molar-refractivity contribution is 6.30. The zero-order chi connectivity index (χ0) is 14.1. The van der Waals surface area contributed by atoms with Crippen LogP contribution in [0, 0.1) is 0 Å². The summed E-state index contributed by atoms with van der Waals surface area (Å²) < 4.78 is 0. The standard InChI is InChI=1S/C15H20ClNO2/c1-2-3-4-5-6-11-17(12-15(18)19)14-9-7-13(16)8-10-14/h2,7-10H,1,3-6,11-12H2,(H,18,19). The molecule has 3 nitrogen and oxygen atoms in total. The summed E-state index contributed by atoms with van der Waals surface area (Å²) in [6.07, 6.45) is 6.08. The molecule has 0 radical (unpaired) electrons. The summed E-state index contributed by atoms with van der Waals surface area (Å²) in [6.45, 7) is 4.45. The SMILES string of the molecule is C=CCCCCCN(CC(=O)O)c1ccc(Cl)cc1. The lowest BCUT2D eigenvalue weighted by atomic mass is 10.2. The van der Waals surface area contributed by atoms with Crippen molar-refractivity contribution in [2.24, 2.45) is 0 Å². The fourth-order valence-electron chi connectivity index (χ4n) is 1.88. The second-order valence-electron chi connectivity index (χ2n) is 4.43. The quantitative estimate of drug-likeness (QED) is 0.550. The molecule has 104 valence electrons. The maximum absolute atomic E-state index is 10.9. The first-order valence-electron chi connectivity index (χ1n) is 6.46. The predicted octanol–water partition coefficient (Wildman–Crippen LogP) is 3.98. The maximum Gasteiger partial charge on any atom is 0.323 e. The molecule has 0 spiro atoms. The number of carboxylic acids is 1. The van der Waals surface area contributed by atoms with E-state index in [0.29, 0.717) is 5.02 Å². The summed E-state index contributed by atoms with van der Waals surface area (Å²) >= 11 is 5.84. The maximum atomic E-state index is 10.9. The summed E-state index contributed by atoms with van der Waals surface area (Å²) in [7, 11) is 0. The van der Waals surface area contributed by atoms with Gasteiger partial charge in [-0.05, 0) is 43.5 Å². The van der Waals surface area contributed by atoms with E-state index in [0.717, 1.165) is 37.9 Å². The molecule has 4 heteroatoms. The van der Waals surface area contributed by atoms with Gasteiger partial charge in [0.25, 0.3) is 0 Å². The van der Waals surface area contributed by atoms with Crippen LogP contribution < -0.4 is 4.90 Å². The molecule has 0 unspecified atom stereocenters. The molecule has 1 aromatic carbocycles. The van der Waals surface area contributed by atoms with E-state index in [-0.39, 0.29) is 6.54 Å². The van der Waals surface area contributed by atoms with Gasteiger partial charge < -0.3 is 10.0 Å². The van der Waals surface area contributed by atoms with Gasteiger partial charge in [0.15, 0.2) is 0 Å². The van der Waals surface area contributed by atoms with Crippen molar-refractivity contribution in [2.75, 3.05) is 18.0 Å². The average molecular weight is 282 g/mol. The minimum Gasteiger partial charge on any atom is -0.480 e. The number of anilines is 1. The zero-order valence-electron chi connectivity index (χ0n) is 11.0. The van der Waals surface area contributed by atoms with E-state index in [1.54, 1.807) is 12.1 Å². The first-order chi connectivity index (χ1) is 9.13. The fourth-order valence-corrected chi connectivity index (χ4v) is 2.01. The Hall–Kier alpha value is -1.48. The van der Waals surface area contributed by atoms with E-state index in [4.69, 9.17) is 16.7 Å². The average Bonchev–Trinajstić information content (AvgIpc) is 2.38. The molecule has 0 bridgehead atoms. The summed E-state index contributed by atoms with van der Waals surface area (Å²) in [4.78, 5) is 12.8. The second-order valence-corrected chi connectivity index (χ2v) is 4.87. The number of hydrogen-bond donors (Lipinski definition) is 1. The number of benzene rings is 1. The van der Waals surface area contributed by atoms with Crippen LogP contribution in [0.5, 0.6) is 0 Å². The largest absolute Gasteiger partial charge is 0.480 e. The van der Waals surface area contributed by atoms with Gasteiger partial charge >= 0.3 is 5.97 Å². The van der Waals surface area contributed by atoms with Gasteiger partial charge in [0.2, 0.25) is 0 Å². The van der Waals surface area contributed by atoms with Crippen LogP contribution in [0.1, 0.15) is 25.7 Å². The molecule has 0 amide bonds. The van der Waals surface area contributed by atoms with Crippen LogP contribution in [-0.2, 0) is 4.79 Å². The summed E-state index contributed by atoms with van der Waals surface area (Å²) in [5.41, 5.74) is 0.899.